The quantitative estimate of drug-likeness (QED) is 0.303. The first-order valence-electron chi connectivity index (χ1n) is 13.2. The van der Waals surface area contributed by atoms with Gasteiger partial charge in [0.2, 0.25) is 0 Å². The minimum absolute atomic E-state index is 0.00497. The zero-order valence-corrected chi connectivity index (χ0v) is 22.2. The average molecular weight is 552 g/mol. The minimum Gasteiger partial charge on any atom is -0.387 e. The van der Waals surface area contributed by atoms with Gasteiger partial charge in [0, 0.05) is 18.8 Å². The molecule has 0 spiro atoms. The fraction of sp³-hybridized carbons (Fsp3) is 0.464. The number of pyridine rings is 1. The van der Waals surface area contributed by atoms with Crippen LogP contribution in [-0.2, 0) is 4.79 Å². The van der Waals surface area contributed by atoms with Crippen molar-refractivity contribution in [3.05, 3.63) is 47.8 Å². The summed E-state index contributed by atoms with van der Waals surface area (Å²) in [6.45, 7) is 2.67. The molecule has 40 heavy (non-hydrogen) atoms. The first-order chi connectivity index (χ1) is 19.0. The molecule has 0 aliphatic heterocycles. The maximum absolute atomic E-state index is 14.3. The Morgan fingerprint density at radius 1 is 1.25 bits per heavy atom. The summed E-state index contributed by atoms with van der Waals surface area (Å²) >= 11 is 0. The number of fused-ring (bicyclic) bond motifs is 1. The van der Waals surface area contributed by atoms with Crippen LogP contribution in [0.1, 0.15) is 55.5 Å². The number of nitriles is 1. The van der Waals surface area contributed by atoms with Gasteiger partial charge in [-0.1, -0.05) is 0 Å². The molecule has 0 radical (unpaired) electrons. The van der Waals surface area contributed by atoms with Gasteiger partial charge in [-0.25, -0.2) is 13.3 Å². The first kappa shape index (κ1) is 27.5. The highest BCUT2D eigenvalue weighted by Crippen LogP contribution is 2.40. The van der Waals surface area contributed by atoms with Crippen LogP contribution in [-0.4, -0.2) is 68.1 Å². The van der Waals surface area contributed by atoms with Gasteiger partial charge in [0.25, 0.3) is 11.8 Å². The molecule has 4 N–H and O–H groups in total. The lowest BCUT2D eigenvalue weighted by Crippen LogP contribution is -2.44. The molecule has 3 heterocycles. The van der Waals surface area contributed by atoms with E-state index < -0.39 is 29.3 Å². The first-order valence-corrected chi connectivity index (χ1v) is 13.2. The van der Waals surface area contributed by atoms with E-state index in [4.69, 9.17) is 5.26 Å². The summed E-state index contributed by atoms with van der Waals surface area (Å²) in [7, 11) is 0. The molecule has 3 aromatic heterocycles. The van der Waals surface area contributed by atoms with E-state index in [1.807, 2.05) is 12.1 Å². The molecule has 0 unspecified atom stereocenters. The molecule has 0 saturated heterocycles. The zero-order chi connectivity index (χ0) is 28.7. The van der Waals surface area contributed by atoms with Crippen LogP contribution in [0.3, 0.4) is 0 Å². The third kappa shape index (κ3) is 5.74. The Labute approximate surface area is 229 Å². The second kappa shape index (κ2) is 10.5. The number of anilines is 1. The molecule has 210 valence electrons. The number of halogens is 2. The lowest BCUT2D eigenvalue weighted by atomic mass is 9.80. The third-order valence-electron chi connectivity index (χ3n) is 7.49. The van der Waals surface area contributed by atoms with Crippen molar-refractivity contribution >= 4 is 23.0 Å². The van der Waals surface area contributed by atoms with Crippen LogP contribution in [0.15, 0.2) is 36.7 Å². The molecule has 10 nitrogen and oxygen atoms in total. The topological polar surface area (TPSA) is 144 Å². The van der Waals surface area contributed by atoms with E-state index in [-0.39, 0.29) is 36.9 Å². The Morgan fingerprint density at radius 2 is 2.00 bits per heavy atom. The summed E-state index contributed by atoms with van der Waals surface area (Å²) in [5.74, 6) is -0.922. The molecular weight excluding hydrogens is 520 g/mol. The molecule has 12 heteroatoms. The SMILES string of the molecule is CC(C)(O)[C@H](F)CNC(=O)c1cnc(-c2ccc3cc(C#N)cnn23)cc1N[C@H]1C[C@H](CNC(=O)C2(F)CC2)C1. The predicted octanol–water partition coefficient (Wildman–Crippen LogP) is 2.92. The fourth-order valence-electron chi connectivity index (χ4n) is 4.65. The summed E-state index contributed by atoms with van der Waals surface area (Å²) < 4.78 is 29.8. The lowest BCUT2D eigenvalue weighted by molar-refractivity contribution is -0.127. The van der Waals surface area contributed by atoms with Crippen molar-refractivity contribution in [1.29, 1.82) is 5.26 Å². The van der Waals surface area contributed by atoms with E-state index in [1.165, 1.54) is 26.2 Å². The summed E-state index contributed by atoms with van der Waals surface area (Å²) in [5.41, 5.74) is -0.316. The minimum atomic E-state index is -1.70. The van der Waals surface area contributed by atoms with E-state index in [1.54, 1.807) is 16.6 Å². The standard InChI is InChI=1S/C28H31F2N7O3/c1-27(2,40)24(29)15-33-25(38)20-14-32-22(23-4-3-19-9-17(11-31)13-35-37(19)23)10-21(20)36-18-7-16(8-18)12-34-26(39)28(30)5-6-28/h3-4,9-10,13-14,16,18,24,40H,5-8,12,15H2,1-2H3,(H,32,36)(H,33,38)(H,34,39)/t16-,18-,24-/m1/s1. The summed E-state index contributed by atoms with van der Waals surface area (Å²) in [6.07, 6.45) is 3.14. The fourth-order valence-corrected chi connectivity index (χ4v) is 4.65. The molecule has 2 aliphatic rings. The van der Waals surface area contributed by atoms with Gasteiger partial charge in [0.15, 0.2) is 5.67 Å². The van der Waals surface area contributed by atoms with Crippen molar-refractivity contribution in [2.45, 2.75) is 63.0 Å². The number of carbonyl (C=O) groups is 2. The molecule has 2 fully saturated rings. The van der Waals surface area contributed by atoms with Crippen LogP contribution in [0.2, 0.25) is 0 Å². The van der Waals surface area contributed by atoms with Crippen LogP contribution in [0, 0.1) is 17.2 Å². The van der Waals surface area contributed by atoms with Gasteiger partial charge in [-0.3, -0.25) is 14.6 Å². The number of nitrogens with one attached hydrogen (secondary N) is 3. The number of amides is 2. The second-order valence-corrected chi connectivity index (χ2v) is 11.2. The van der Waals surface area contributed by atoms with Crippen molar-refractivity contribution in [2.24, 2.45) is 5.92 Å². The largest absolute Gasteiger partial charge is 0.387 e. The van der Waals surface area contributed by atoms with Crippen molar-refractivity contribution in [3.63, 3.8) is 0 Å². The van der Waals surface area contributed by atoms with Crippen LogP contribution < -0.4 is 16.0 Å². The van der Waals surface area contributed by atoms with Crippen molar-refractivity contribution < 1.29 is 23.5 Å². The predicted molar refractivity (Wildman–Crippen MR) is 143 cm³/mol. The maximum atomic E-state index is 14.3. The van der Waals surface area contributed by atoms with Gasteiger partial charge in [-0.2, -0.15) is 10.4 Å². The highest BCUT2D eigenvalue weighted by molar-refractivity contribution is 6.00. The zero-order valence-electron chi connectivity index (χ0n) is 22.2. The van der Waals surface area contributed by atoms with Gasteiger partial charge in [0.1, 0.15) is 12.2 Å². The Kier molecular flexibility index (Phi) is 7.18. The number of aromatic nitrogens is 3. The molecule has 2 saturated carbocycles. The Balaban J connectivity index is 1.33. The second-order valence-electron chi connectivity index (χ2n) is 11.2. The molecule has 0 aromatic carbocycles. The van der Waals surface area contributed by atoms with Crippen LogP contribution in [0.25, 0.3) is 16.9 Å². The Hall–Kier alpha value is -4.11. The molecule has 3 aromatic rings. The maximum Gasteiger partial charge on any atom is 0.257 e. The van der Waals surface area contributed by atoms with Gasteiger partial charge < -0.3 is 21.1 Å². The average Bonchev–Trinajstić information content (AvgIpc) is 3.52. The summed E-state index contributed by atoms with van der Waals surface area (Å²) in [6, 6.07) is 9.10. The molecule has 1 atom stereocenters. The van der Waals surface area contributed by atoms with Crippen molar-refractivity contribution in [3.8, 4) is 17.5 Å². The molecule has 2 amide bonds. The van der Waals surface area contributed by atoms with E-state index >= 15 is 0 Å². The van der Waals surface area contributed by atoms with E-state index in [9.17, 15) is 23.5 Å². The number of hydrogen-bond donors (Lipinski definition) is 4. The number of nitrogens with zero attached hydrogens (tertiary/aromatic N) is 4. The van der Waals surface area contributed by atoms with Gasteiger partial charge in [0.05, 0.1) is 52.1 Å². The smallest absolute Gasteiger partial charge is 0.257 e. The van der Waals surface area contributed by atoms with Crippen LogP contribution in [0.4, 0.5) is 14.5 Å². The summed E-state index contributed by atoms with van der Waals surface area (Å²) in [4.78, 5) is 29.4. The normalized spacial score (nSPS) is 20.2. The van der Waals surface area contributed by atoms with E-state index in [0.29, 0.717) is 47.5 Å². The van der Waals surface area contributed by atoms with Crippen molar-refractivity contribution in [2.75, 3.05) is 18.4 Å². The highest BCUT2D eigenvalue weighted by Gasteiger charge is 2.51. The monoisotopic (exact) mass is 551 g/mol. The molecule has 0 bridgehead atoms. The molecule has 2 aliphatic carbocycles. The number of hydrogen-bond acceptors (Lipinski definition) is 7. The lowest BCUT2D eigenvalue weighted by Gasteiger charge is -2.37. The van der Waals surface area contributed by atoms with Gasteiger partial charge in [-0.05, 0) is 69.7 Å². The van der Waals surface area contributed by atoms with E-state index in [0.717, 1.165) is 0 Å². The molecule has 5 rings (SSSR count). The highest BCUT2D eigenvalue weighted by atomic mass is 19.1. The van der Waals surface area contributed by atoms with Gasteiger partial charge >= 0.3 is 0 Å². The Bertz CT molecular complexity index is 1480. The third-order valence-corrected chi connectivity index (χ3v) is 7.49. The van der Waals surface area contributed by atoms with Crippen molar-refractivity contribution in [1.82, 2.24) is 25.2 Å². The van der Waals surface area contributed by atoms with E-state index in [2.05, 4.69) is 32.1 Å². The number of alkyl halides is 2. The molecular formula is C28H31F2N7O3. The van der Waals surface area contributed by atoms with Gasteiger partial charge in [-0.15, -0.1) is 0 Å². The number of aliphatic hydroxyl groups is 1. The summed E-state index contributed by atoms with van der Waals surface area (Å²) in [5, 5.41) is 32.0. The number of carbonyl (C=O) groups excluding carboxylic acids is 2. The van der Waals surface area contributed by atoms with Crippen LogP contribution in [0.5, 0.6) is 0 Å². The Morgan fingerprint density at radius 3 is 2.67 bits per heavy atom. The van der Waals surface area contributed by atoms with Crippen LogP contribution >= 0.6 is 0 Å². The number of rotatable bonds is 10.